The molecule has 0 saturated carbocycles. The lowest BCUT2D eigenvalue weighted by Gasteiger charge is -2.16. The van der Waals surface area contributed by atoms with Crippen molar-refractivity contribution in [2.24, 2.45) is 0 Å². The number of methoxy groups -OCH3 is 1. The molecular formula is C25H14Cl4N3O6-. The summed E-state index contributed by atoms with van der Waals surface area (Å²) >= 11 is 24.2. The number of rotatable bonds is 7. The van der Waals surface area contributed by atoms with Gasteiger partial charge in [-0.25, -0.2) is 4.90 Å². The van der Waals surface area contributed by atoms with Gasteiger partial charge in [-0.15, -0.1) is 0 Å². The highest BCUT2D eigenvalue weighted by molar-refractivity contribution is 6.53. The lowest BCUT2D eigenvalue weighted by Crippen LogP contribution is -2.32. The molecule has 1 aliphatic heterocycles. The van der Waals surface area contributed by atoms with Crippen molar-refractivity contribution in [3.05, 3.63) is 91.5 Å². The molecule has 0 aliphatic carbocycles. The zero-order valence-electron chi connectivity index (χ0n) is 19.1. The number of nitrogens with zero attached hydrogens (tertiary/aromatic N) is 1. The van der Waals surface area contributed by atoms with Crippen LogP contribution in [-0.2, 0) is 9.59 Å². The van der Waals surface area contributed by atoms with E-state index in [-0.39, 0.29) is 54.0 Å². The molecule has 194 valence electrons. The fraction of sp³-hybridized carbons (Fsp3) is 0.0400. The minimum absolute atomic E-state index is 0.0332. The SMILES string of the molecule is COc1cc(NC(=O)c2ccc(NC3=C(Cl)C(=O)N(c4ccc(Cl)c(Cl)c4)C3=O)cc2)c(Cl)cc1C(=O)[O-]. The summed E-state index contributed by atoms with van der Waals surface area (Å²) < 4.78 is 5.02. The first-order valence-electron chi connectivity index (χ1n) is 10.5. The van der Waals surface area contributed by atoms with Crippen LogP contribution in [0, 0.1) is 0 Å². The van der Waals surface area contributed by atoms with E-state index >= 15 is 0 Å². The van der Waals surface area contributed by atoms with Gasteiger partial charge in [-0.05, 0) is 48.5 Å². The molecule has 0 radical (unpaired) electrons. The molecule has 38 heavy (non-hydrogen) atoms. The maximum atomic E-state index is 13.0. The Hall–Kier alpha value is -3.76. The number of nitrogens with one attached hydrogen (secondary N) is 2. The summed E-state index contributed by atoms with van der Waals surface area (Å²) in [5, 5.41) is 16.6. The summed E-state index contributed by atoms with van der Waals surface area (Å²) in [7, 11) is 1.27. The number of hydrogen-bond donors (Lipinski definition) is 2. The van der Waals surface area contributed by atoms with Gasteiger partial charge in [0.1, 0.15) is 16.5 Å². The molecule has 0 saturated heterocycles. The van der Waals surface area contributed by atoms with Gasteiger partial charge in [0.25, 0.3) is 17.7 Å². The van der Waals surface area contributed by atoms with Crippen molar-refractivity contribution in [3.63, 3.8) is 0 Å². The zero-order valence-corrected chi connectivity index (χ0v) is 22.1. The van der Waals surface area contributed by atoms with Gasteiger partial charge in [-0.3, -0.25) is 14.4 Å². The van der Waals surface area contributed by atoms with Crippen molar-refractivity contribution < 1.29 is 29.0 Å². The number of hydrogen-bond acceptors (Lipinski definition) is 7. The molecule has 1 aliphatic rings. The van der Waals surface area contributed by atoms with Crippen LogP contribution in [0.2, 0.25) is 15.1 Å². The molecule has 0 bridgehead atoms. The van der Waals surface area contributed by atoms with Crippen LogP contribution in [0.1, 0.15) is 20.7 Å². The number of aromatic carboxylic acids is 1. The van der Waals surface area contributed by atoms with Crippen LogP contribution in [0.25, 0.3) is 0 Å². The molecule has 3 aromatic carbocycles. The third kappa shape index (κ3) is 5.27. The number of ether oxygens (including phenoxy) is 1. The van der Waals surface area contributed by atoms with Crippen molar-refractivity contribution in [1.29, 1.82) is 0 Å². The fourth-order valence-corrected chi connectivity index (χ4v) is 4.21. The first kappa shape index (κ1) is 27.3. The third-order valence-corrected chi connectivity index (χ3v) is 6.76. The summed E-state index contributed by atoms with van der Waals surface area (Å²) in [6.07, 6.45) is 0. The van der Waals surface area contributed by atoms with Gasteiger partial charge >= 0.3 is 0 Å². The smallest absolute Gasteiger partial charge is 0.283 e. The number of carbonyl (C=O) groups excluding carboxylic acids is 4. The van der Waals surface area contributed by atoms with Gasteiger partial charge in [0.05, 0.1) is 39.5 Å². The largest absolute Gasteiger partial charge is 0.545 e. The molecule has 0 unspecified atom stereocenters. The lowest BCUT2D eigenvalue weighted by atomic mass is 10.1. The number of amides is 3. The normalized spacial score (nSPS) is 13.1. The van der Waals surface area contributed by atoms with Crippen molar-refractivity contribution in [3.8, 4) is 5.75 Å². The summed E-state index contributed by atoms with van der Waals surface area (Å²) in [4.78, 5) is 50.4. The maximum Gasteiger partial charge on any atom is 0.283 e. The number of imide groups is 1. The molecule has 3 amide bonds. The number of benzene rings is 3. The van der Waals surface area contributed by atoms with Crippen molar-refractivity contribution in [2.45, 2.75) is 0 Å². The summed E-state index contributed by atoms with van der Waals surface area (Å²) in [5.41, 5.74) is 0.462. The lowest BCUT2D eigenvalue weighted by molar-refractivity contribution is -0.255. The van der Waals surface area contributed by atoms with Crippen LogP contribution in [0.5, 0.6) is 5.75 Å². The number of carbonyl (C=O) groups is 4. The van der Waals surface area contributed by atoms with Gasteiger partial charge in [0.2, 0.25) is 0 Å². The fourth-order valence-electron chi connectivity index (χ4n) is 3.49. The average Bonchev–Trinajstić information content (AvgIpc) is 3.09. The predicted molar refractivity (Wildman–Crippen MR) is 142 cm³/mol. The Labute approximate surface area is 235 Å². The average molecular weight is 594 g/mol. The molecule has 3 aromatic rings. The molecule has 4 rings (SSSR count). The molecular weight excluding hydrogens is 580 g/mol. The molecule has 0 spiro atoms. The molecule has 1 heterocycles. The zero-order chi connectivity index (χ0) is 27.7. The van der Waals surface area contributed by atoms with Crippen LogP contribution >= 0.6 is 46.4 Å². The summed E-state index contributed by atoms with van der Waals surface area (Å²) in [5.74, 6) is -3.53. The minimum atomic E-state index is -1.48. The van der Waals surface area contributed by atoms with E-state index in [4.69, 9.17) is 51.1 Å². The predicted octanol–water partition coefficient (Wildman–Crippen LogP) is 4.71. The maximum absolute atomic E-state index is 13.0. The molecule has 0 fully saturated rings. The van der Waals surface area contributed by atoms with E-state index in [2.05, 4.69) is 10.6 Å². The van der Waals surface area contributed by atoms with Crippen LogP contribution < -0.4 is 25.4 Å². The van der Waals surface area contributed by atoms with E-state index in [1.807, 2.05) is 0 Å². The Kier molecular flexibility index (Phi) is 7.84. The van der Waals surface area contributed by atoms with Crippen LogP contribution in [0.3, 0.4) is 0 Å². The standard InChI is InChI=1S/C25H15Cl4N3O6/c1-38-19-10-18(17(28)9-14(19)25(36)37)31-22(33)11-2-4-12(5-3-11)30-21-20(29)23(34)32(24(21)35)13-6-7-15(26)16(27)8-13/h2-10,30H,1H3,(H,31,33)(H,36,37)/p-1. The number of carboxylic acids is 1. The van der Waals surface area contributed by atoms with Gasteiger partial charge in [0.15, 0.2) is 0 Å². The van der Waals surface area contributed by atoms with Gasteiger partial charge in [0, 0.05) is 22.9 Å². The number of anilines is 3. The van der Waals surface area contributed by atoms with E-state index in [0.29, 0.717) is 5.69 Å². The van der Waals surface area contributed by atoms with Crippen LogP contribution in [0.4, 0.5) is 17.1 Å². The molecule has 0 atom stereocenters. The van der Waals surface area contributed by atoms with Crippen molar-refractivity contribution >= 4 is 87.2 Å². The number of carboxylic acid groups (broad SMARTS) is 1. The highest BCUT2D eigenvalue weighted by Gasteiger charge is 2.39. The van der Waals surface area contributed by atoms with Crippen molar-refractivity contribution in [2.75, 3.05) is 22.6 Å². The number of halogens is 4. The first-order chi connectivity index (χ1) is 18.0. The Balaban J connectivity index is 1.50. The monoisotopic (exact) mass is 592 g/mol. The van der Waals surface area contributed by atoms with Gasteiger partial charge in [-0.2, -0.15) is 0 Å². The summed E-state index contributed by atoms with van der Waals surface area (Å²) in [6.45, 7) is 0. The van der Waals surface area contributed by atoms with Gasteiger partial charge < -0.3 is 25.3 Å². The van der Waals surface area contributed by atoms with E-state index in [0.717, 1.165) is 11.0 Å². The second-order valence-electron chi connectivity index (χ2n) is 7.71. The van der Waals surface area contributed by atoms with Gasteiger partial charge in [-0.1, -0.05) is 46.4 Å². The Morgan fingerprint density at radius 1 is 0.868 bits per heavy atom. The second kappa shape index (κ2) is 10.9. The second-order valence-corrected chi connectivity index (χ2v) is 9.31. The quantitative estimate of drug-likeness (QED) is 0.380. The Bertz CT molecular complexity index is 1540. The van der Waals surface area contributed by atoms with E-state index in [1.54, 1.807) is 0 Å². The molecule has 2 N–H and O–H groups in total. The van der Waals surface area contributed by atoms with E-state index in [1.165, 1.54) is 55.6 Å². The topological polar surface area (TPSA) is 128 Å². The molecule has 0 aromatic heterocycles. The van der Waals surface area contributed by atoms with E-state index in [9.17, 15) is 24.3 Å². The Morgan fingerprint density at radius 3 is 2.16 bits per heavy atom. The minimum Gasteiger partial charge on any atom is -0.545 e. The van der Waals surface area contributed by atoms with Crippen LogP contribution in [0.15, 0.2) is 65.3 Å². The van der Waals surface area contributed by atoms with E-state index < -0.39 is 23.7 Å². The highest BCUT2D eigenvalue weighted by Crippen LogP contribution is 2.34. The molecule has 13 heteroatoms. The molecule has 9 nitrogen and oxygen atoms in total. The highest BCUT2D eigenvalue weighted by atomic mass is 35.5. The third-order valence-electron chi connectivity index (χ3n) is 5.36. The Morgan fingerprint density at radius 2 is 1.55 bits per heavy atom. The summed E-state index contributed by atoms with van der Waals surface area (Å²) in [6, 6.07) is 12.5. The first-order valence-corrected chi connectivity index (χ1v) is 12.0. The van der Waals surface area contributed by atoms with Crippen molar-refractivity contribution in [1.82, 2.24) is 0 Å². The van der Waals surface area contributed by atoms with Crippen LogP contribution in [-0.4, -0.2) is 30.8 Å².